The zero-order valence-electron chi connectivity index (χ0n) is 7.77. The SMILES string of the molecule is C#CCCN(CCC)CCC. The fourth-order valence-electron chi connectivity index (χ4n) is 1.19. The van der Waals surface area contributed by atoms with E-state index < -0.39 is 0 Å². The average molecular weight is 153 g/mol. The van der Waals surface area contributed by atoms with E-state index in [0.717, 1.165) is 13.0 Å². The average Bonchev–Trinajstić information content (AvgIpc) is 2.01. The molecular weight excluding hydrogens is 134 g/mol. The maximum Gasteiger partial charge on any atom is 0.0214 e. The van der Waals surface area contributed by atoms with Crippen LogP contribution in [-0.2, 0) is 0 Å². The summed E-state index contributed by atoms with van der Waals surface area (Å²) < 4.78 is 0. The maximum absolute atomic E-state index is 5.19. The van der Waals surface area contributed by atoms with Gasteiger partial charge in [-0.25, -0.2) is 0 Å². The van der Waals surface area contributed by atoms with Gasteiger partial charge in [-0.2, -0.15) is 0 Å². The van der Waals surface area contributed by atoms with Gasteiger partial charge in [0.05, 0.1) is 0 Å². The molecule has 0 aromatic rings. The highest BCUT2D eigenvalue weighted by Crippen LogP contribution is 1.94. The molecule has 1 heteroatoms. The van der Waals surface area contributed by atoms with Crippen LogP contribution in [0.15, 0.2) is 0 Å². The van der Waals surface area contributed by atoms with E-state index in [-0.39, 0.29) is 0 Å². The summed E-state index contributed by atoms with van der Waals surface area (Å²) in [5.41, 5.74) is 0. The Morgan fingerprint density at radius 3 is 2.00 bits per heavy atom. The molecule has 64 valence electrons. The third-order valence-corrected chi connectivity index (χ3v) is 1.65. The minimum Gasteiger partial charge on any atom is -0.302 e. The Hall–Kier alpha value is -0.480. The Balaban J connectivity index is 3.44. The van der Waals surface area contributed by atoms with E-state index in [1.54, 1.807) is 0 Å². The van der Waals surface area contributed by atoms with Crippen LogP contribution >= 0.6 is 0 Å². The summed E-state index contributed by atoms with van der Waals surface area (Å²) in [6.45, 7) is 7.86. The minimum atomic E-state index is 0.889. The quantitative estimate of drug-likeness (QED) is 0.528. The van der Waals surface area contributed by atoms with Gasteiger partial charge in [0, 0.05) is 13.0 Å². The Labute approximate surface area is 70.8 Å². The predicted octanol–water partition coefficient (Wildman–Crippen LogP) is 2.13. The van der Waals surface area contributed by atoms with Crippen molar-refractivity contribution in [2.24, 2.45) is 0 Å². The van der Waals surface area contributed by atoms with E-state index in [1.807, 2.05) is 0 Å². The smallest absolute Gasteiger partial charge is 0.0214 e. The van der Waals surface area contributed by atoms with Gasteiger partial charge in [0.25, 0.3) is 0 Å². The summed E-state index contributed by atoms with van der Waals surface area (Å²) in [5, 5.41) is 0. The van der Waals surface area contributed by atoms with Gasteiger partial charge in [-0.1, -0.05) is 13.8 Å². The molecule has 0 aliphatic heterocycles. The second kappa shape index (κ2) is 7.63. The molecule has 0 bridgehead atoms. The van der Waals surface area contributed by atoms with E-state index in [2.05, 4.69) is 24.7 Å². The van der Waals surface area contributed by atoms with Crippen LogP contribution in [0.3, 0.4) is 0 Å². The van der Waals surface area contributed by atoms with E-state index >= 15 is 0 Å². The summed E-state index contributed by atoms with van der Waals surface area (Å²) in [6, 6.07) is 0. The Morgan fingerprint density at radius 1 is 1.09 bits per heavy atom. The topological polar surface area (TPSA) is 3.24 Å². The predicted molar refractivity (Wildman–Crippen MR) is 50.5 cm³/mol. The molecule has 0 N–H and O–H groups in total. The van der Waals surface area contributed by atoms with Crippen LogP contribution in [0.4, 0.5) is 0 Å². The molecule has 0 aliphatic carbocycles. The fraction of sp³-hybridized carbons (Fsp3) is 0.800. The Morgan fingerprint density at radius 2 is 1.64 bits per heavy atom. The second-order valence-corrected chi connectivity index (χ2v) is 2.80. The molecular formula is C10H19N. The van der Waals surface area contributed by atoms with Gasteiger partial charge >= 0.3 is 0 Å². The molecule has 0 spiro atoms. The van der Waals surface area contributed by atoms with Crippen LogP contribution in [0, 0.1) is 12.3 Å². The molecule has 0 unspecified atom stereocenters. The van der Waals surface area contributed by atoms with Gasteiger partial charge in [-0.05, 0) is 25.9 Å². The number of rotatable bonds is 6. The standard InChI is InChI=1S/C10H19N/c1-4-7-10-11(8-5-2)9-6-3/h1H,5-10H2,2-3H3. The van der Waals surface area contributed by atoms with E-state index in [0.29, 0.717) is 0 Å². The van der Waals surface area contributed by atoms with Crippen molar-refractivity contribution >= 4 is 0 Å². The molecule has 0 fully saturated rings. The monoisotopic (exact) mass is 153 g/mol. The maximum atomic E-state index is 5.19. The molecule has 0 aromatic carbocycles. The van der Waals surface area contributed by atoms with Crippen LogP contribution in [0.5, 0.6) is 0 Å². The summed E-state index contributed by atoms with van der Waals surface area (Å²) in [6.07, 6.45) is 8.53. The van der Waals surface area contributed by atoms with Crippen LogP contribution in [0.1, 0.15) is 33.1 Å². The molecule has 0 aliphatic rings. The molecule has 1 nitrogen and oxygen atoms in total. The summed E-state index contributed by atoms with van der Waals surface area (Å²) in [5.74, 6) is 2.67. The second-order valence-electron chi connectivity index (χ2n) is 2.80. The van der Waals surface area contributed by atoms with Crippen molar-refractivity contribution in [3.05, 3.63) is 0 Å². The van der Waals surface area contributed by atoms with E-state index in [4.69, 9.17) is 6.42 Å². The lowest BCUT2D eigenvalue weighted by Gasteiger charge is -2.19. The number of hydrogen-bond acceptors (Lipinski definition) is 1. The Bertz CT molecular complexity index is 107. The van der Waals surface area contributed by atoms with Crippen LogP contribution in [-0.4, -0.2) is 24.5 Å². The van der Waals surface area contributed by atoms with E-state index in [1.165, 1.54) is 25.9 Å². The van der Waals surface area contributed by atoms with Crippen molar-refractivity contribution in [2.45, 2.75) is 33.1 Å². The van der Waals surface area contributed by atoms with E-state index in [9.17, 15) is 0 Å². The third-order valence-electron chi connectivity index (χ3n) is 1.65. The number of hydrogen-bond donors (Lipinski definition) is 0. The van der Waals surface area contributed by atoms with Crippen molar-refractivity contribution in [3.63, 3.8) is 0 Å². The van der Waals surface area contributed by atoms with Gasteiger partial charge in [-0.15, -0.1) is 12.3 Å². The Kier molecular flexibility index (Phi) is 7.29. The lowest BCUT2D eigenvalue weighted by molar-refractivity contribution is 0.281. The highest BCUT2D eigenvalue weighted by Gasteiger charge is 1.99. The van der Waals surface area contributed by atoms with Crippen molar-refractivity contribution in [3.8, 4) is 12.3 Å². The fourth-order valence-corrected chi connectivity index (χ4v) is 1.19. The normalized spacial score (nSPS) is 10.0. The summed E-state index contributed by atoms with van der Waals surface area (Å²) >= 11 is 0. The largest absolute Gasteiger partial charge is 0.302 e. The van der Waals surface area contributed by atoms with Crippen LogP contribution in [0.2, 0.25) is 0 Å². The summed E-state index contributed by atoms with van der Waals surface area (Å²) in [7, 11) is 0. The highest BCUT2D eigenvalue weighted by molar-refractivity contribution is 4.84. The summed E-state index contributed by atoms with van der Waals surface area (Å²) in [4.78, 5) is 2.43. The molecule has 0 saturated heterocycles. The molecule has 0 saturated carbocycles. The van der Waals surface area contributed by atoms with Gasteiger partial charge in [0.1, 0.15) is 0 Å². The lowest BCUT2D eigenvalue weighted by atomic mass is 10.3. The minimum absolute atomic E-state index is 0.889. The van der Waals surface area contributed by atoms with Crippen molar-refractivity contribution in [1.29, 1.82) is 0 Å². The molecule has 0 atom stereocenters. The molecule has 0 rings (SSSR count). The number of terminal acetylenes is 1. The molecule has 11 heavy (non-hydrogen) atoms. The first kappa shape index (κ1) is 10.5. The zero-order chi connectivity index (χ0) is 8.53. The molecule has 0 amide bonds. The van der Waals surface area contributed by atoms with Gasteiger partial charge in [0.15, 0.2) is 0 Å². The van der Waals surface area contributed by atoms with Crippen molar-refractivity contribution in [2.75, 3.05) is 19.6 Å². The first-order valence-electron chi connectivity index (χ1n) is 4.51. The third kappa shape index (κ3) is 5.94. The van der Waals surface area contributed by atoms with Crippen LogP contribution < -0.4 is 0 Å². The first-order valence-corrected chi connectivity index (χ1v) is 4.51. The van der Waals surface area contributed by atoms with Gasteiger partial charge in [-0.3, -0.25) is 0 Å². The molecule has 0 aromatic heterocycles. The highest BCUT2D eigenvalue weighted by atomic mass is 15.1. The van der Waals surface area contributed by atoms with Crippen molar-refractivity contribution < 1.29 is 0 Å². The zero-order valence-corrected chi connectivity index (χ0v) is 7.77. The molecule has 0 radical (unpaired) electrons. The van der Waals surface area contributed by atoms with Gasteiger partial charge < -0.3 is 4.90 Å². The van der Waals surface area contributed by atoms with Crippen molar-refractivity contribution in [1.82, 2.24) is 4.90 Å². The first-order chi connectivity index (χ1) is 5.35. The number of nitrogens with zero attached hydrogens (tertiary/aromatic N) is 1. The lowest BCUT2D eigenvalue weighted by Crippen LogP contribution is -2.26. The van der Waals surface area contributed by atoms with Gasteiger partial charge in [0.2, 0.25) is 0 Å². The molecule has 0 heterocycles. The van der Waals surface area contributed by atoms with Crippen LogP contribution in [0.25, 0.3) is 0 Å².